The topological polar surface area (TPSA) is 93.0 Å². The zero-order chi connectivity index (χ0) is 20.0. The van der Waals surface area contributed by atoms with E-state index < -0.39 is 24.3 Å². The zero-order valence-corrected chi connectivity index (χ0v) is 15.3. The average Bonchev–Trinajstić information content (AvgIpc) is 2.60. The number of benzene rings is 1. The number of carboxylic acid groups (broad SMARTS) is 1. The van der Waals surface area contributed by atoms with Gasteiger partial charge in [0.1, 0.15) is 5.82 Å². The number of nitrogens with one attached hydrogen (secondary N) is 1. The molecule has 0 aliphatic heterocycles. The van der Waals surface area contributed by atoms with Gasteiger partial charge in [0.15, 0.2) is 18.1 Å². The highest BCUT2D eigenvalue weighted by molar-refractivity contribution is 9.10. The normalized spacial score (nSPS) is 11.4. The predicted molar refractivity (Wildman–Crippen MR) is 94.3 cm³/mol. The smallest absolute Gasteiger partial charge is 0.417 e. The van der Waals surface area contributed by atoms with Crippen LogP contribution in [0.1, 0.15) is 11.1 Å². The monoisotopic (exact) mass is 447 g/mol. The van der Waals surface area contributed by atoms with Crippen LogP contribution in [0.4, 0.5) is 19.0 Å². The van der Waals surface area contributed by atoms with Crippen LogP contribution in [0.25, 0.3) is 0 Å². The van der Waals surface area contributed by atoms with Crippen molar-refractivity contribution in [2.45, 2.75) is 6.18 Å². The first-order valence-electron chi connectivity index (χ1n) is 7.25. The number of alkyl halides is 3. The number of carbonyl (C=O) groups is 1. The summed E-state index contributed by atoms with van der Waals surface area (Å²) in [5, 5.41) is 12.6. The summed E-state index contributed by atoms with van der Waals surface area (Å²) in [5.41, 5.74) is 2.21. The SMILES string of the molecule is COc1cc(/C=N\Nc2ccc(C(F)(F)F)cn2)cc(Br)c1OCC(=O)O. The van der Waals surface area contributed by atoms with Crippen LogP contribution in [0.3, 0.4) is 0 Å². The molecule has 0 bridgehead atoms. The van der Waals surface area contributed by atoms with Gasteiger partial charge in [-0.2, -0.15) is 18.3 Å². The molecule has 0 aliphatic rings. The molecule has 11 heteroatoms. The van der Waals surface area contributed by atoms with E-state index in [-0.39, 0.29) is 17.3 Å². The van der Waals surface area contributed by atoms with Crippen molar-refractivity contribution in [3.05, 3.63) is 46.1 Å². The molecule has 144 valence electrons. The fourth-order valence-corrected chi connectivity index (χ4v) is 2.46. The van der Waals surface area contributed by atoms with Crippen LogP contribution < -0.4 is 14.9 Å². The van der Waals surface area contributed by atoms with Gasteiger partial charge in [0.05, 0.1) is 23.4 Å². The van der Waals surface area contributed by atoms with Crippen LogP contribution in [0.2, 0.25) is 0 Å². The first-order valence-corrected chi connectivity index (χ1v) is 8.04. The number of aromatic nitrogens is 1. The van der Waals surface area contributed by atoms with Gasteiger partial charge < -0.3 is 14.6 Å². The summed E-state index contributed by atoms with van der Waals surface area (Å²) in [5.74, 6) is -0.510. The third-order valence-corrected chi connectivity index (χ3v) is 3.66. The fourth-order valence-electron chi connectivity index (χ4n) is 1.89. The van der Waals surface area contributed by atoms with E-state index in [0.717, 1.165) is 12.1 Å². The number of pyridine rings is 1. The number of anilines is 1. The zero-order valence-electron chi connectivity index (χ0n) is 13.7. The summed E-state index contributed by atoms with van der Waals surface area (Å²) < 4.78 is 48.2. The van der Waals surface area contributed by atoms with Crippen molar-refractivity contribution < 1.29 is 32.5 Å². The van der Waals surface area contributed by atoms with Crippen molar-refractivity contribution in [1.82, 2.24) is 4.98 Å². The maximum Gasteiger partial charge on any atom is 0.417 e. The van der Waals surface area contributed by atoms with E-state index >= 15 is 0 Å². The second-order valence-corrected chi connectivity index (χ2v) is 5.87. The molecular formula is C16H13BrF3N3O4. The number of rotatable bonds is 7. The van der Waals surface area contributed by atoms with Gasteiger partial charge in [0, 0.05) is 6.20 Å². The van der Waals surface area contributed by atoms with E-state index in [4.69, 9.17) is 14.6 Å². The molecular weight excluding hydrogens is 435 g/mol. The van der Waals surface area contributed by atoms with Crippen molar-refractivity contribution in [2.24, 2.45) is 5.10 Å². The molecule has 0 amide bonds. The van der Waals surface area contributed by atoms with Crippen molar-refractivity contribution in [3.63, 3.8) is 0 Å². The minimum atomic E-state index is -4.46. The molecule has 27 heavy (non-hydrogen) atoms. The largest absolute Gasteiger partial charge is 0.493 e. The minimum absolute atomic E-state index is 0.131. The fraction of sp³-hybridized carbons (Fsp3) is 0.188. The summed E-state index contributed by atoms with van der Waals surface area (Å²) in [4.78, 5) is 14.3. The molecule has 2 rings (SSSR count). The van der Waals surface area contributed by atoms with E-state index in [9.17, 15) is 18.0 Å². The number of carboxylic acids is 1. The lowest BCUT2D eigenvalue weighted by Crippen LogP contribution is -2.10. The average molecular weight is 448 g/mol. The molecule has 1 aromatic carbocycles. The Morgan fingerprint density at radius 2 is 2.15 bits per heavy atom. The molecule has 0 saturated heterocycles. The van der Waals surface area contributed by atoms with Gasteiger partial charge in [-0.3, -0.25) is 5.43 Å². The highest BCUT2D eigenvalue weighted by Crippen LogP contribution is 2.36. The molecule has 0 aliphatic carbocycles. The summed E-state index contributed by atoms with van der Waals surface area (Å²) in [7, 11) is 1.39. The molecule has 2 aromatic rings. The van der Waals surface area contributed by atoms with Crippen LogP contribution in [-0.4, -0.2) is 36.0 Å². The van der Waals surface area contributed by atoms with E-state index in [0.29, 0.717) is 16.2 Å². The molecule has 7 nitrogen and oxygen atoms in total. The first kappa shape index (κ1) is 20.5. The Kier molecular flexibility index (Phi) is 6.61. The van der Waals surface area contributed by atoms with Crippen LogP contribution in [0, 0.1) is 0 Å². The third-order valence-electron chi connectivity index (χ3n) is 3.08. The van der Waals surface area contributed by atoms with E-state index in [1.165, 1.54) is 13.3 Å². The lowest BCUT2D eigenvalue weighted by Gasteiger charge is -2.12. The van der Waals surface area contributed by atoms with E-state index in [2.05, 4.69) is 31.4 Å². The van der Waals surface area contributed by atoms with Gasteiger partial charge in [-0.05, 0) is 45.8 Å². The summed E-state index contributed by atoms with van der Waals surface area (Å²) >= 11 is 3.25. The number of hydrazone groups is 1. The summed E-state index contributed by atoms with van der Waals surface area (Å²) in [6.07, 6.45) is -2.37. The minimum Gasteiger partial charge on any atom is -0.493 e. The Labute approximate surface area is 159 Å². The number of methoxy groups -OCH3 is 1. The van der Waals surface area contributed by atoms with Crippen LogP contribution >= 0.6 is 15.9 Å². The van der Waals surface area contributed by atoms with E-state index in [1.54, 1.807) is 12.1 Å². The Bertz CT molecular complexity index is 842. The molecule has 1 aromatic heterocycles. The number of halogens is 4. The van der Waals surface area contributed by atoms with Gasteiger partial charge in [-0.15, -0.1) is 0 Å². The highest BCUT2D eigenvalue weighted by Gasteiger charge is 2.30. The molecule has 0 radical (unpaired) electrons. The number of hydrogen-bond donors (Lipinski definition) is 2. The van der Waals surface area contributed by atoms with Crippen LogP contribution in [0.15, 0.2) is 40.0 Å². The lowest BCUT2D eigenvalue weighted by atomic mass is 10.2. The maximum atomic E-state index is 12.5. The molecule has 0 atom stereocenters. The second kappa shape index (κ2) is 8.71. The van der Waals surface area contributed by atoms with Gasteiger partial charge in [-0.1, -0.05) is 0 Å². The van der Waals surface area contributed by atoms with Crippen LogP contribution in [-0.2, 0) is 11.0 Å². The number of nitrogens with zero attached hydrogens (tertiary/aromatic N) is 2. The summed E-state index contributed by atoms with van der Waals surface area (Å²) in [6, 6.07) is 5.19. The van der Waals surface area contributed by atoms with E-state index in [1.807, 2.05) is 0 Å². The first-order chi connectivity index (χ1) is 12.7. The van der Waals surface area contributed by atoms with Crippen LogP contribution in [0.5, 0.6) is 11.5 Å². The molecule has 1 heterocycles. The van der Waals surface area contributed by atoms with Gasteiger partial charge in [-0.25, -0.2) is 9.78 Å². The quantitative estimate of drug-likeness (QED) is 0.495. The number of hydrogen-bond acceptors (Lipinski definition) is 6. The Balaban J connectivity index is 2.10. The Hall–Kier alpha value is -2.82. The Morgan fingerprint density at radius 1 is 1.41 bits per heavy atom. The standard InChI is InChI=1S/C16H13BrF3N3O4/c1-26-12-5-9(4-11(17)15(12)27-8-14(24)25)6-22-23-13-3-2-10(7-21-13)16(18,19)20/h2-7H,8H2,1H3,(H,21,23)(H,24,25)/b22-6-. The van der Waals surface area contributed by atoms with Crippen molar-refractivity contribution in [1.29, 1.82) is 0 Å². The number of aliphatic carboxylic acids is 1. The van der Waals surface area contributed by atoms with Crippen molar-refractivity contribution in [3.8, 4) is 11.5 Å². The Morgan fingerprint density at radius 3 is 2.70 bits per heavy atom. The molecule has 0 spiro atoms. The van der Waals surface area contributed by atoms with Crippen molar-refractivity contribution >= 4 is 33.9 Å². The highest BCUT2D eigenvalue weighted by atomic mass is 79.9. The predicted octanol–water partition coefficient (Wildman–Crippen LogP) is 3.78. The third kappa shape index (κ3) is 5.84. The van der Waals surface area contributed by atoms with Gasteiger partial charge in [0.25, 0.3) is 0 Å². The number of ether oxygens (including phenoxy) is 2. The molecule has 0 fully saturated rings. The summed E-state index contributed by atoms with van der Waals surface area (Å²) in [6.45, 7) is -0.538. The van der Waals surface area contributed by atoms with Crippen molar-refractivity contribution in [2.75, 3.05) is 19.1 Å². The molecule has 0 saturated carbocycles. The second-order valence-electron chi connectivity index (χ2n) is 5.02. The maximum absolute atomic E-state index is 12.5. The van der Waals surface area contributed by atoms with Gasteiger partial charge >= 0.3 is 12.1 Å². The molecule has 0 unspecified atom stereocenters. The lowest BCUT2D eigenvalue weighted by molar-refractivity contribution is -0.139. The molecule has 2 N–H and O–H groups in total. The van der Waals surface area contributed by atoms with Gasteiger partial charge in [0.2, 0.25) is 0 Å².